The third kappa shape index (κ3) is 3.21. The second-order valence-corrected chi connectivity index (χ2v) is 5.60. The normalized spacial score (nSPS) is 15.7. The average Bonchev–Trinajstić information content (AvgIpc) is 2.59. The number of nitrogens with two attached hydrogens (primary N) is 2. The number of hydrogen-bond donors (Lipinski definition) is 3. The molecule has 2 aromatic carbocycles. The Morgan fingerprint density at radius 2 is 1.52 bits per heavy atom. The third-order valence-corrected chi connectivity index (χ3v) is 3.90. The van der Waals surface area contributed by atoms with Gasteiger partial charge in [0.2, 0.25) is 0 Å². The number of carbonyl (C=O) groups excluding carboxylic acids is 1. The lowest BCUT2D eigenvalue weighted by Crippen LogP contribution is -2.11. The highest BCUT2D eigenvalue weighted by Crippen LogP contribution is 2.32. The Balaban J connectivity index is 2.32. The van der Waals surface area contributed by atoms with Crippen LogP contribution in [0.15, 0.2) is 78.0 Å². The predicted octanol–water partition coefficient (Wildman–Crippen LogP) is 2.75. The molecule has 0 aliphatic heterocycles. The van der Waals surface area contributed by atoms with E-state index in [0.29, 0.717) is 33.7 Å². The van der Waals surface area contributed by atoms with Crippen LogP contribution in [0.25, 0.3) is 5.57 Å². The summed E-state index contributed by atoms with van der Waals surface area (Å²) in [5.41, 5.74) is 14.6. The molecule has 0 bridgehead atoms. The number of aromatic carboxylic acids is 1. The van der Waals surface area contributed by atoms with Crippen LogP contribution in [0.1, 0.15) is 21.5 Å². The van der Waals surface area contributed by atoms with Gasteiger partial charge < -0.3 is 16.6 Å². The van der Waals surface area contributed by atoms with Gasteiger partial charge in [0, 0.05) is 28.6 Å². The molecule has 0 radical (unpaired) electrons. The maximum Gasteiger partial charge on any atom is 0.336 e. The van der Waals surface area contributed by atoms with Crippen LogP contribution < -0.4 is 11.5 Å². The molecule has 0 amide bonds. The Labute approximate surface area is 144 Å². The van der Waals surface area contributed by atoms with Crippen LogP contribution in [0.5, 0.6) is 0 Å². The molecule has 2 aromatic rings. The molecule has 0 fully saturated rings. The summed E-state index contributed by atoms with van der Waals surface area (Å²) in [6.07, 6.45) is 4.56. The second kappa shape index (κ2) is 6.49. The Kier molecular flexibility index (Phi) is 4.22. The van der Waals surface area contributed by atoms with Crippen molar-refractivity contribution in [2.24, 2.45) is 5.73 Å². The van der Waals surface area contributed by atoms with Gasteiger partial charge >= 0.3 is 5.97 Å². The van der Waals surface area contributed by atoms with E-state index in [9.17, 15) is 14.7 Å². The number of hydrogen-bond acceptors (Lipinski definition) is 4. The van der Waals surface area contributed by atoms with Crippen molar-refractivity contribution in [3.8, 4) is 0 Å². The zero-order chi connectivity index (χ0) is 18.0. The van der Waals surface area contributed by atoms with Gasteiger partial charge in [0.15, 0.2) is 5.78 Å². The van der Waals surface area contributed by atoms with Crippen molar-refractivity contribution in [2.75, 3.05) is 5.73 Å². The molecule has 5 N–H and O–H groups in total. The SMILES string of the molecule is NC1=CC(=O)/C(=C(\c2ccc(N)cc2)c2ccccc2C(=O)O)C=C1. The van der Waals surface area contributed by atoms with Crippen LogP contribution in [0.4, 0.5) is 5.69 Å². The first-order valence-electron chi connectivity index (χ1n) is 7.60. The molecular formula is C20H16N2O3. The maximum atomic E-state index is 12.5. The fourth-order valence-electron chi connectivity index (χ4n) is 2.74. The van der Waals surface area contributed by atoms with Crippen molar-refractivity contribution in [1.29, 1.82) is 0 Å². The van der Waals surface area contributed by atoms with Crippen molar-refractivity contribution < 1.29 is 14.7 Å². The molecule has 0 unspecified atom stereocenters. The third-order valence-electron chi connectivity index (χ3n) is 3.90. The Bertz CT molecular complexity index is 951. The number of allylic oxidation sites excluding steroid dienone is 4. The van der Waals surface area contributed by atoms with E-state index in [-0.39, 0.29) is 11.3 Å². The first-order valence-corrected chi connectivity index (χ1v) is 7.60. The molecule has 0 atom stereocenters. The molecule has 0 spiro atoms. The first kappa shape index (κ1) is 16.3. The van der Waals surface area contributed by atoms with E-state index >= 15 is 0 Å². The van der Waals surface area contributed by atoms with Crippen molar-refractivity contribution in [3.05, 3.63) is 94.7 Å². The molecule has 0 aromatic heterocycles. The number of rotatable bonds is 3. The molecule has 0 heterocycles. The van der Waals surface area contributed by atoms with E-state index in [1.165, 1.54) is 12.1 Å². The van der Waals surface area contributed by atoms with Gasteiger partial charge in [-0.25, -0.2) is 4.79 Å². The molecule has 1 aliphatic rings. The fourth-order valence-corrected chi connectivity index (χ4v) is 2.74. The number of nitrogen functional groups attached to an aromatic ring is 1. The highest BCUT2D eigenvalue weighted by atomic mass is 16.4. The quantitative estimate of drug-likeness (QED) is 0.592. The van der Waals surface area contributed by atoms with E-state index in [1.54, 1.807) is 54.6 Å². The van der Waals surface area contributed by atoms with Crippen LogP contribution >= 0.6 is 0 Å². The van der Waals surface area contributed by atoms with Gasteiger partial charge in [-0.05, 0) is 41.5 Å². The minimum atomic E-state index is -1.06. The zero-order valence-electron chi connectivity index (χ0n) is 13.3. The minimum Gasteiger partial charge on any atom is -0.478 e. The van der Waals surface area contributed by atoms with Gasteiger partial charge in [0.1, 0.15) is 0 Å². The molecule has 25 heavy (non-hydrogen) atoms. The first-order chi connectivity index (χ1) is 12.0. The largest absolute Gasteiger partial charge is 0.478 e. The van der Waals surface area contributed by atoms with Gasteiger partial charge in [-0.3, -0.25) is 4.79 Å². The van der Waals surface area contributed by atoms with Crippen molar-refractivity contribution >= 4 is 23.0 Å². The summed E-state index contributed by atoms with van der Waals surface area (Å²) in [4.78, 5) is 24.2. The summed E-state index contributed by atoms with van der Waals surface area (Å²) >= 11 is 0. The van der Waals surface area contributed by atoms with E-state index in [4.69, 9.17) is 11.5 Å². The van der Waals surface area contributed by atoms with E-state index < -0.39 is 5.97 Å². The molecule has 124 valence electrons. The smallest absolute Gasteiger partial charge is 0.336 e. The molecule has 5 nitrogen and oxygen atoms in total. The lowest BCUT2D eigenvalue weighted by Gasteiger charge is -2.16. The summed E-state index contributed by atoms with van der Waals surface area (Å²) in [5.74, 6) is -1.33. The Hall–Kier alpha value is -3.60. The monoisotopic (exact) mass is 332 g/mol. The summed E-state index contributed by atoms with van der Waals surface area (Å²) in [7, 11) is 0. The lowest BCUT2D eigenvalue weighted by atomic mass is 9.87. The van der Waals surface area contributed by atoms with Crippen LogP contribution in [-0.4, -0.2) is 16.9 Å². The van der Waals surface area contributed by atoms with Crippen LogP contribution in [0.3, 0.4) is 0 Å². The van der Waals surface area contributed by atoms with Gasteiger partial charge in [-0.2, -0.15) is 0 Å². The predicted molar refractivity (Wildman–Crippen MR) is 96.7 cm³/mol. The number of carbonyl (C=O) groups is 2. The van der Waals surface area contributed by atoms with E-state index in [0.717, 1.165) is 0 Å². The highest BCUT2D eigenvalue weighted by Gasteiger charge is 2.21. The lowest BCUT2D eigenvalue weighted by molar-refractivity contribution is -0.111. The van der Waals surface area contributed by atoms with Gasteiger partial charge in [0.25, 0.3) is 0 Å². The number of anilines is 1. The minimum absolute atomic E-state index is 0.116. The molecule has 0 saturated carbocycles. The van der Waals surface area contributed by atoms with E-state index in [2.05, 4.69) is 0 Å². The Morgan fingerprint density at radius 1 is 0.880 bits per heavy atom. The number of carboxylic acids is 1. The van der Waals surface area contributed by atoms with Gasteiger partial charge in [-0.15, -0.1) is 0 Å². The summed E-state index contributed by atoms with van der Waals surface area (Å²) in [6, 6.07) is 13.5. The van der Waals surface area contributed by atoms with Gasteiger partial charge in [-0.1, -0.05) is 30.3 Å². The number of ketones is 1. The molecule has 3 rings (SSSR count). The standard InChI is InChI=1S/C20H16N2O3/c21-13-7-5-12(6-8-13)19(17-10-9-14(22)11-18(17)23)15-3-1-2-4-16(15)20(24)25/h1-11H,21-22H2,(H,24,25)/b19-17+. The zero-order valence-corrected chi connectivity index (χ0v) is 13.3. The number of carboxylic acid groups (broad SMARTS) is 1. The molecule has 1 aliphatic carbocycles. The summed E-state index contributed by atoms with van der Waals surface area (Å²) in [6.45, 7) is 0. The molecule has 5 heteroatoms. The van der Waals surface area contributed by atoms with Crippen LogP contribution in [-0.2, 0) is 4.79 Å². The second-order valence-electron chi connectivity index (χ2n) is 5.60. The van der Waals surface area contributed by atoms with Gasteiger partial charge in [0.05, 0.1) is 5.56 Å². The van der Waals surface area contributed by atoms with Crippen molar-refractivity contribution in [1.82, 2.24) is 0 Å². The Morgan fingerprint density at radius 3 is 2.12 bits per heavy atom. The molecule has 0 saturated heterocycles. The fraction of sp³-hybridized carbons (Fsp3) is 0. The van der Waals surface area contributed by atoms with Crippen molar-refractivity contribution in [2.45, 2.75) is 0 Å². The summed E-state index contributed by atoms with van der Waals surface area (Å²) < 4.78 is 0. The van der Waals surface area contributed by atoms with Crippen molar-refractivity contribution in [3.63, 3.8) is 0 Å². The van der Waals surface area contributed by atoms with Crippen LogP contribution in [0, 0.1) is 0 Å². The van der Waals surface area contributed by atoms with E-state index in [1.807, 2.05) is 0 Å². The number of benzene rings is 2. The average molecular weight is 332 g/mol. The topological polar surface area (TPSA) is 106 Å². The molecular weight excluding hydrogens is 316 g/mol. The summed E-state index contributed by atoms with van der Waals surface area (Å²) in [5, 5.41) is 9.53. The highest BCUT2D eigenvalue weighted by molar-refractivity contribution is 6.16. The van der Waals surface area contributed by atoms with Crippen LogP contribution in [0.2, 0.25) is 0 Å². The maximum absolute atomic E-state index is 12.5.